The zero-order chi connectivity index (χ0) is 28.0. The number of carbonyl (C=O) groups excluding carboxylic acids is 4. The van der Waals surface area contributed by atoms with Crippen molar-refractivity contribution < 1.29 is 19.2 Å². The minimum atomic E-state index is -0.677. The summed E-state index contributed by atoms with van der Waals surface area (Å²) in [6.45, 7) is 3.89. The molecule has 8 nitrogen and oxygen atoms in total. The van der Waals surface area contributed by atoms with E-state index in [1.807, 2.05) is 50.2 Å². The first-order chi connectivity index (χ1) is 19.3. The van der Waals surface area contributed by atoms with Crippen molar-refractivity contribution in [2.75, 3.05) is 5.32 Å². The molecule has 9 heteroatoms. The van der Waals surface area contributed by atoms with Crippen LogP contribution in [0.2, 0.25) is 0 Å². The van der Waals surface area contributed by atoms with Crippen molar-refractivity contribution in [3.05, 3.63) is 74.9 Å². The Morgan fingerprint density at radius 2 is 1.75 bits per heavy atom. The highest BCUT2D eigenvalue weighted by Gasteiger charge is 2.41. The lowest BCUT2D eigenvalue weighted by Crippen LogP contribution is -2.57. The number of fused-ring (bicyclic) bond motifs is 1. The Bertz CT molecular complexity index is 1560. The average molecular weight is 557 g/mol. The summed E-state index contributed by atoms with van der Waals surface area (Å²) in [7, 11) is 0. The van der Waals surface area contributed by atoms with Crippen LogP contribution in [0, 0.1) is 13.8 Å². The number of benzene rings is 1. The van der Waals surface area contributed by atoms with E-state index in [1.54, 1.807) is 17.4 Å². The van der Waals surface area contributed by atoms with E-state index >= 15 is 0 Å². The molecule has 0 bridgehead atoms. The molecule has 1 aliphatic heterocycles. The number of anilines is 1. The molecule has 1 aromatic carbocycles. The van der Waals surface area contributed by atoms with Crippen LogP contribution in [0.25, 0.3) is 11.1 Å². The van der Waals surface area contributed by atoms with Crippen LogP contribution < -0.4 is 10.6 Å². The van der Waals surface area contributed by atoms with Gasteiger partial charge in [-0.1, -0.05) is 31.0 Å². The first-order valence-corrected chi connectivity index (χ1v) is 14.8. The number of imide groups is 2. The van der Waals surface area contributed by atoms with Crippen molar-refractivity contribution in [3.63, 3.8) is 0 Å². The minimum absolute atomic E-state index is 0.0423. The number of amides is 5. The number of hydrogen-bond acceptors (Lipinski definition) is 5. The number of urea groups is 1. The van der Waals surface area contributed by atoms with Crippen molar-refractivity contribution in [2.45, 2.75) is 71.3 Å². The number of aryl methyl sites for hydroxylation is 2. The average Bonchev–Trinajstić information content (AvgIpc) is 3.65. The molecule has 2 aliphatic carbocycles. The van der Waals surface area contributed by atoms with Gasteiger partial charge < -0.3 is 9.88 Å². The van der Waals surface area contributed by atoms with E-state index in [1.165, 1.54) is 9.78 Å². The monoisotopic (exact) mass is 556 g/mol. The fraction of sp³-hybridized carbons (Fsp3) is 0.355. The molecule has 5 amide bonds. The summed E-state index contributed by atoms with van der Waals surface area (Å²) < 4.78 is 2.06. The maximum Gasteiger partial charge on any atom is 0.331 e. The predicted octanol–water partition coefficient (Wildman–Crippen LogP) is 5.69. The van der Waals surface area contributed by atoms with Gasteiger partial charge in [-0.25, -0.2) is 4.79 Å². The molecule has 6 rings (SSSR count). The normalized spacial score (nSPS) is 18.8. The third-order valence-electron chi connectivity index (χ3n) is 8.21. The van der Waals surface area contributed by atoms with Gasteiger partial charge >= 0.3 is 6.03 Å². The van der Waals surface area contributed by atoms with Crippen LogP contribution in [-0.2, 0) is 22.4 Å². The molecule has 3 heterocycles. The summed E-state index contributed by atoms with van der Waals surface area (Å²) in [6, 6.07) is 10.6. The fourth-order valence-electron chi connectivity index (χ4n) is 6.23. The molecule has 3 aliphatic rings. The molecule has 3 aromatic rings. The van der Waals surface area contributed by atoms with Crippen LogP contribution in [0.15, 0.2) is 42.0 Å². The Balaban J connectivity index is 1.40. The predicted molar refractivity (Wildman–Crippen MR) is 155 cm³/mol. The second-order valence-electron chi connectivity index (χ2n) is 10.8. The molecule has 1 saturated carbocycles. The topological polar surface area (TPSA) is 101 Å². The van der Waals surface area contributed by atoms with Crippen LogP contribution in [0.3, 0.4) is 0 Å². The van der Waals surface area contributed by atoms with Gasteiger partial charge in [0.05, 0.1) is 5.56 Å². The van der Waals surface area contributed by atoms with E-state index in [2.05, 4.69) is 15.2 Å². The molecule has 2 fully saturated rings. The second-order valence-corrected chi connectivity index (χ2v) is 11.9. The Hall–Kier alpha value is -3.98. The summed E-state index contributed by atoms with van der Waals surface area (Å²) in [6.07, 6.45) is 8.97. The summed E-state index contributed by atoms with van der Waals surface area (Å²) in [4.78, 5) is 54.9. The quantitative estimate of drug-likeness (QED) is 0.311. The van der Waals surface area contributed by atoms with Gasteiger partial charge in [-0.3, -0.25) is 24.6 Å². The number of nitrogens with zero attached hydrogens (tertiary/aromatic N) is 2. The standard InChI is InChI=1S/C31H32N4O4S/c1-18-16-20(17-24-27(36)33-31(39)35(29(24)38)22-12-6-7-13-22)19(2)34(18)30-26(23-14-8-9-15-25(23)40-30)28(37)32-21-10-4-3-5-11-21/h3-5,10-11,16-17,22H,6-9,12-15H2,1-2H3,(H,32,37)(H,33,36,39)/b24-17+. The van der Waals surface area contributed by atoms with Gasteiger partial charge in [0.2, 0.25) is 0 Å². The largest absolute Gasteiger partial charge is 0.331 e. The van der Waals surface area contributed by atoms with Crippen LogP contribution in [0.1, 0.15) is 76.3 Å². The Labute approximate surface area is 237 Å². The van der Waals surface area contributed by atoms with Crippen molar-refractivity contribution in [1.29, 1.82) is 0 Å². The molecular formula is C31H32N4O4S. The third kappa shape index (κ3) is 4.58. The molecule has 0 spiro atoms. The highest BCUT2D eigenvalue weighted by atomic mass is 32.1. The summed E-state index contributed by atoms with van der Waals surface area (Å²) >= 11 is 1.64. The van der Waals surface area contributed by atoms with E-state index in [4.69, 9.17) is 0 Å². The molecule has 2 N–H and O–H groups in total. The highest BCUT2D eigenvalue weighted by Crippen LogP contribution is 2.39. The molecule has 0 atom stereocenters. The van der Waals surface area contributed by atoms with Gasteiger partial charge in [0.15, 0.2) is 0 Å². The van der Waals surface area contributed by atoms with Gasteiger partial charge in [-0.15, -0.1) is 11.3 Å². The van der Waals surface area contributed by atoms with E-state index in [0.29, 0.717) is 11.1 Å². The summed E-state index contributed by atoms with van der Waals surface area (Å²) in [5, 5.41) is 6.28. The molecule has 0 radical (unpaired) electrons. The van der Waals surface area contributed by atoms with E-state index in [9.17, 15) is 19.2 Å². The van der Waals surface area contributed by atoms with Crippen LogP contribution in [0.5, 0.6) is 0 Å². The number of rotatable bonds is 5. The first kappa shape index (κ1) is 26.3. The first-order valence-electron chi connectivity index (χ1n) is 13.9. The number of nitrogens with one attached hydrogen (secondary N) is 2. The number of barbiturate groups is 1. The van der Waals surface area contributed by atoms with Crippen molar-refractivity contribution in [2.24, 2.45) is 0 Å². The van der Waals surface area contributed by atoms with Gasteiger partial charge in [0.1, 0.15) is 10.6 Å². The zero-order valence-electron chi connectivity index (χ0n) is 22.7. The highest BCUT2D eigenvalue weighted by molar-refractivity contribution is 7.15. The van der Waals surface area contributed by atoms with Gasteiger partial charge in [0, 0.05) is 28.0 Å². The molecule has 40 heavy (non-hydrogen) atoms. The van der Waals surface area contributed by atoms with E-state index < -0.39 is 17.8 Å². The van der Waals surface area contributed by atoms with Gasteiger partial charge in [-0.05, 0) is 87.8 Å². The maximum atomic E-state index is 13.7. The van der Waals surface area contributed by atoms with Crippen LogP contribution >= 0.6 is 11.3 Å². The Kier molecular flexibility index (Phi) is 6.92. The number of carbonyl (C=O) groups is 4. The van der Waals surface area contributed by atoms with Gasteiger partial charge in [-0.2, -0.15) is 0 Å². The number of para-hydroxylation sites is 1. The molecule has 206 valence electrons. The van der Waals surface area contributed by atoms with Crippen molar-refractivity contribution >= 4 is 46.9 Å². The van der Waals surface area contributed by atoms with E-state index in [0.717, 1.165) is 79.0 Å². The lowest BCUT2D eigenvalue weighted by molar-refractivity contribution is -0.131. The maximum absolute atomic E-state index is 13.7. The lowest BCUT2D eigenvalue weighted by Gasteiger charge is -2.31. The lowest BCUT2D eigenvalue weighted by atomic mass is 9.95. The minimum Gasteiger partial charge on any atom is -0.322 e. The Morgan fingerprint density at radius 1 is 1.02 bits per heavy atom. The number of aromatic nitrogens is 1. The zero-order valence-corrected chi connectivity index (χ0v) is 23.5. The molecule has 2 aromatic heterocycles. The fourth-order valence-corrected chi connectivity index (χ4v) is 7.72. The molecular weight excluding hydrogens is 524 g/mol. The third-order valence-corrected chi connectivity index (χ3v) is 9.48. The summed E-state index contributed by atoms with van der Waals surface area (Å²) in [5.41, 5.74) is 4.92. The van der Waals surface area contributed by atoms with Crippen LogP contribution in [0.4, 0.5) is 10.5 Å². The summed E-state index contributed by atoms with van der Waals surface area (Å²) in [5.74, 6) is -1.36. The second kappa shape index (κ2) is 10.5. The van der Waals surface area contributed by atoms with E-state index in [-0.39, 0.29) is 17.5 Å². The molecule has 0 unspecified atom stereocenters. The van der Waals surface area contributed by atoms with Crippen molar-refractivity contribution in [1.82, 2.24) is 14.8 Å². The SMILES string of the molecule is Cc1cc(/C=C2\C(=O)NC(=O)N(C3CCCC3)C2=O)c(C)n1-c1sc2c(c1C(=O)Nc1ccccc1)CCCC2. The smallest absolute Gasteiger partial charge is 0.322 e. The number of hydrogen-bond donors (Lipinski definition) is 2. The van der Waals surface area contributed by atoms with Crippen LogP contribution in [-0.4, -0.2) is 39.3 Å². The Morgan fingerprint density at radius 3 is 2.50 bits per heavy atom. The molecule has 1 saturated heterocycles. The van der Waals surface area contributed by atoms with Gasteiger partial charge in [0.25, 0.3) is 17.7 Å². The van der Waals surface area contributed by atoms with Crippen molar-refractivity contribution in [3.8, 4) is 5.00 Å². The number of thiophene rings is 1.